The lowest BCUT2D eigenvalue weighted by Crippen LogP contribution is -2.36. The molecule has 3 aromatic rings. The average molecular weight is 500 g/mol. The third-order valence-corrected chi connectivity index (χ3v) is 8.31. The zero-order valence-corrected chi connectivity index (χ0v) is 21.1. The average Bonchev–Trinajstić information content (AvgIpc) is 3.39. The van der Waals surface area contributed by atoms with Gasteiger partial charge in [0.15, 0.2) is 12.4 Å². The van der Waals surface area contributed by atoms with Crippen molar-refractivity contribution in [3.05, 3.63) is 64.2 Å². The second-order valence-corrected chi connectivity index (χ2v) is 10.8. The first-order chi connectivity index (χ1) is 16.6. The van der Waals surface area contributed by atoms with Crippen molar-refractivity contribution in [2.45, 2.75) is 51.9 Å². The summed E-state index contributed by atoms with van der Waals surface area (Å²) in [4.78, 5) is 25.7. The van der Waals surface area contributed by atoms with E-state index in [2.05, 4.69) is 5.16 Å². The van der Waals surface area contributed by atoms with Gasteiger partial charge in [-0.2, -0.15) is 4.31 Å². The molecule has 0 aliphatic carbocycles. The number of hydrogen-bond acceptors (Lipinski definition) is 7. The van der Waals surface area contributed by atoms with Crippen molar-refractivity contribution >= 4 is 21.8 Å². The van der Waals surface area contributed by atoms with Crippen molar-refractivity contribution in [1.29, 1.82) is 0 Å². The molecule has 3 heterocycles. The third-order valence-electron chi connectivity index (χ3n) is 6.27. The van der Waals surface area contributed by atoms with E-state index < -0.39 is 22.6 Å². The summed E-state index contributed by atoms with van der Waals surface area (Å²) >= 11 is 0. The fourth-order valence-electron chi connectivity index (χ4n) is 4.40. The number of aryl methyl sites for hydroxylation is 3. The molecule has 1 aliphatic rings. The van der Waals surface area contributed by atoms with Crippen LogP contribution in [0, 0.1) is 27.7 Å². The Labute approximate surface area is 204 Å². The molecule has 1 saturated heterocycles. The van der Waals surface area contributed by atoms with Gasteiger partial charge < -0.3 is 9.26 Å². The van der Waals surface area contributed by atoms with Crippen molar-refractivity contribution in [3.63, 3.8) is 0 Å². The number of Topliss-reactive ketones (excluding diaryl/α,β-unsaturated/α-hetero) is 1. The van der Waals surface area contributed by atoms with Crippen LogP contribution in [0.1, 0.15) is 62.7 Å². The van der Waals surface area contributed by atoms with Crippen LogP contribution in [0.2, 0.25) is 0 Å². The molecule has 2 aromatic heterocycles. The largest absolute Gasteiger partial charge is 0.454 e. The number of esters is 1. The Morgan fingerprint density at radius 3 is 2.40 bits per heavy atom. The number of benzene rings is 1. The number of ether oxygens (including phenoxy) is 1. The van der Waals surface area contributed by atoms with Crippen LogP contribution in [-0.4, -0.2) is 53.9 Å². The van der Waals surface area contributed by atoms with E-state index in [4.69, 9.17) is 9.26 Å². The number of nitrogens with zero attached hydrogens (tertiary/aromatic N) is 3. The summed E-state index contributed by atoms with van der Waals surface area (Å²) in [6.07, 6.45) is 2.64. The standard InChI is InChI=1S/C25H29N3O6S/c1-16-8-9-20(14-23(16)35(31,32)27-10-6-5-7-11-27)25(30)33-15-22(29)21-12-17(2)28(19(21)4)24-13-18(3)34-26-24/h8-9,12-14H,5-7,10-11,15H2,1-4H3. The lowest BCUT2D eigenvalue weighted by atomic mass is 10.1. The van der Waals surface area contributed by atoms with E-state index in [0.29, 0.717) is 41.5 Å². The number of carbonyl (C=O) groups is 2. The number of sulfonamides is 1. The zero-order valence-electron chi connectivity index (χ0n) is 20.3. The van der Waals surface area contributed by atoms with Crippen molar-refractivity contribution < 1.29 is 27.3 Å². The summed E-state index contributed by atoms with van der Waals surface area (Å²) in [5.41, 5.74) is 2.49. The highest BCUT2D eigenvalue weighted by molar-refractivity contribution is 7.89. The van der Waals surface area contributed by atoms with Gasteiger partial charge in [0.1, 0.15) is 5.76 Å². The molecule has 1 fully saturated rings. The smallest absolute Gasteiger partial charge is 0.338 e. The number of hydrogen-bond donors (Lipinski definition) is 0. The molecule has 35 heavy (non-hydrogen) atoms. The summed E-state index contributed by atoms with van der Waals surface area (Å²) in [6, 6.07) is 7.91. The summed E-state index contributed by atoms with van der Waals surface area (Å²) in [7, 11) is -3.71. The molecular weight excluding hydrogens is 470 g/mol. The summed E-state index contributed by atoms with van der Waals surface area (Å²) in [5, 5.41) is 4.00. The minimum Gasteiger partial charge on any atom is -0.454 e. The molecule has 0 amide bonds. The van der Waals surface area contributed by atoms with Crippen LogP contribution in [-0.2, 0) is 14.8 Å². The van der Waals surface area contributed by atoms with Gasteiger partial charge in [0.25, 0.3) is 0 Å². The molecular formula is C25H29N3O6S. The number of ketones is 1. The lowest BCUT2D eigenvalue weighted by Gasteiger charge is -2.26. The number of aromatic nitrogens is 2. The molecule has 4 rings (SSSR count). The van der Waals surface area contributed by atoms with Crippen molar-refractivity contribution in [1.82, 2.24) is 14.0 Å². The molecule has 0 unspecified atom stereocenters. The minimum absolute atomic E-state index is 0.0857. The second kappa shape index (κ2) is 9.79. The Hall–Kier alpha value is -3.24. The highest BCUT2D eigenvalue weighted by atomic mass is 32.2. The number of piperidine rings is 1. The highest BCUT2D eigenvalue weighted by Crippen LogP contribution is 2.25. The molecule has 9 nitrogen and oxygen atoms in total. The predicted octanol–water partition coefficient (Wildman–Crippen LogP) is 3.91. The Morgan fingerprint density at radius 2 is 1.74 bits per heavy atom. The van der Waals surface area contributed by atoms with Crippen LogP contribution in [0.3, 0.4) is 0 Å². The molecule has 0 bridgehead atoms. The first-order valence-electron chi connectivity index (χ1n) is 11.5. The molecule has 0 saturated carbocycles. The molecule has 1 aromatic carbocycles. The maximum Gasteiger partial charge on any atom is 0.338 e. The quantitative estimate of drug-likeness (QED) is 0.358. The highest BCUT2D eigenvalue weighted by Gasteiger charge is 2.28. The Kier molecular flexibility index (Phi) is 6.95. The van der Waals surface area contributed by atoms with Crippen molar-refractivity contribution in [2.24, 2.45) is 0 Å². The summed E-state index contributed by atoms with van der Waals surface area (Å²) in [6.45, 7) is 7.57. The van der Waals surface area contributed by atoms with Gasteiger partial charge in [0.2, 0.25) is 15.8 Å². The van der Waals surface area contributed by atoms with Crippen molar-refractivity contribution in [2.75, 3.05) is 19.7 Å². The van der Waals surface area contributed by atoms with Crippen LogP contribution < -0.4 is 0 Å². The topological polar surface area (TPSA) is 112 Å². The van der Waals surface area contributed by atoms with Crippen LogP contribution in [0.15, 0.2) is 39.8 Å². The Bertz CT molecular complexity index is 1380. The number of rotatable bonds is 7. The van der Waals surface area contributed by atoms with Crippen LogP contribution in [0.5, 0.6) is 0 Å². The van der Waals surface area contributed by atoms with Crippen LogP contribution in [0.25, 0.3) is 5.82 Å². The van der Waals surface area contributed by atoms with Gasteiger partial charge in [-0.1, -0.05) is 17.6 Å². The molecule has 10 heteroatoms. The van der Waals surface area contributed by atoms with E-state index in [9.17, 15) is 18.0 Å². The van der Waals surface area contributed by atoms with E-state index in [1.54, 1.807) is 43.5 Å². The van der Waals surface area contributed by atoms with E-state index in [0.717, 1.165) is 25.0 Å². The molecule has 0 atom stereocenters. The van der Waals surface area contributed by atoms with Crippen molar-refractivity contribution in [3.8, 4) is 5.82 Å². The summed E-state index contributed by atoms with van der Waals surface area (Å²) in [5.74, 6) is 0.0882. The maximum absolute atomic E-state index is 13.1. The first kappa shape index (κ1) is 24.9. The van der Waals surface area contributed by atoms with Gasteiger partial charge in [-0.15, -0.1) is 0 Å². The van der Waals surface area contributed by atoms with E-state index >= 15 is 0 Å². The first-order valence-corrected chi connectivity index (χ1v) is 13.0. The predicted molar refractivity (Wildman–Crippen MR) is 128 cm³/mol. The Morgan fingerprint density at radius 1 is 1.03 bits per heavy atom. The third kappa shape index (κ3) is 4.94. The normalized spacial score (nSPS) is 14.7. The van der Waals surface area contributed by atoms with Crippen LogP contribution >= 0.6 is 0 Å². The molecule has 186 valence electrons. The van der Waals surface area contributed by atoms with E-state index in [1.807, 2.05) is 6.92 Å². The van der Waals surface area contributed by atoms with Gasteiger partial charge in [0, 0.05) is 36.1 Å². The minimum atomic E-state index is -3.71. The lowest BCUT2D eigenvalue weighted by molar-refractivity contribution is 0.0474. The molecule has 0 radical (unpaired) electrons. The SMILES string of the molecule is Cc1cc(-n2c(C)cc(C(=O)COC(=O)c3ccc(C)c(S(=O)(=O)N4CCCCC4)c3)c2C)no1. The van der Waals surface area contributed by atoms with Gasteiger partial charge in [-0.3, -0.25) is 9.36 Å². The van der Waals surface area contributed by atoms with Gasteiger partial charge in [-0.05, 0) is 64.3 Å². The van der Waals surface area contributed by atoms with Gasteiger partial charge in [-0.25, -0.2) is 13.2 Å². The van der Waals surface area contributed by atoms with E-state index in [-0.39, 0.29) is 16.2 Å². The summed E-state index contributed by atoms with van der Waals surface area (Å²) < 4.78 is 39.9. The molecule has 0 N–H and O–H groups in total. The zero-order chi connectivity index (χ0) is 25.3. The van der Waals surface area contributed by atoms with Gasteiger partial charge in [0.05, 0.1) is 10.5 Å². The Balaban J connectivity index is 1.49. The van der Waals surface area contributed by atoms with E-state index in [1.165, 1.54) is 16.4 Å². The fourth-order valence-corrected chi connectivity index (χ4v) is 6.17. The molecule has 0 spiro atoms. The second-order valence-electron chi connectivity index (χ2n) is 8.86. The molecule has 1 aliphatic heterocycles. The maximum atomic E-state index is 13.1. The van der Waals surface area contributed by atoms with Crippen LogP contribution in [0.4, 0.5) is 0 Å². The number of carbonyl (C=O) groups excluding carboxylic acids is 2. The van der Waals surface area contributed by atoms with Gasteiger partial charge >= 0.3 is 5.97 Å². The monoisotopic (exact) mass is 499 g/mol. The fraction of sp³-hybridized carbons (Fsp3) is 0.400.